The topological polar surface area (TPSA) is 29.1 Å². The molecule has 0 aliphatic rings. The Bertz CT molecular complexity index is 396. The molecule has 1 rings (SSSR count). The molecule has 0 spiro atoms. The average molecular weight is 248 g/mol. The predicted octanol–water partition coefficient (Wildman–Crippen LogP) is 2.77. The highest BCUT2D eigenvalue weighted by Crippen LogP contribution is 2.17. The SMILES string of the molecule is C[C@H](NC(=O)[C@@H](C)Cl)c1ccc(F)cc1F. The van der Waals surface area contributed by atoms with E-state index in [0.29, 0.717) is 0 Å². The molecule has 16 heavy (non-hydrogen) atoms. The van der Waals surface area contributed by atoms with Gasteiger partial charge in [0.05, 0.1) is 6.04 Å². The first-order valence-electron chi connectivity index (χ1n) is 4.81. The third kappa shape index (κ3) is 3.17. The average Bonchev–Trinajstić information content (AvgIpc) is 2.16. The van der Waals surface area contributed by atoms with Gasteiger partial charge in [0.15, 0.2) is 0 Å². The van der Waals surface area contributed by atoms with E-state index in [1.54, 1.807) is 6.92 Å². The smallest absolute Gasteiger partial charge is 0.238 e. The molecular weight excluding hydrogens is 236 g/mol. The van der Waals surface area contributed by atoms with Crippen LogP contribution in [0.1, 0.15) is 25.5 Å². The van der Waals surface area contributed by atoms with E-state index in [4.69, 9.17) is 11.6 Å². The van der Waals surface area contributed by atoms with E-state index in [2.05, 4.69) is 5.32 Å². The van der Waals surface area contributed by atoms with Crippen molar-refractivity contribution in [1.82, 2.24) is 5.32 Å². The summed E-state index contributed by atoms with van der Waals surface area (Å²) in [5.41, 5.74) is 0.229. The van der Waals surface area contributed by atoms with Gasteiger partial charge in [0.25, 0.3) is 0 Å². The third-order valence-electron chi connectivity index (χ3n) is 2.15. The molecule has 88 valence electrons. The van der Waals surface area contributed by atoms with Gasteiger partial charge >= 0.3 is 0 Å². The molecule has 0 aliphatic carbocycles. The van der Waals surface area contributed by atoms with Gasteiger partial charge in [-0.05, 0) is 19.9 Å². The number of benzene rings is 1. The van der Waals surface area contributed by atoms with Crippen molar-refractivity contribution in [2.75, 3.05) is 0 Å². The van der Waals surface area contributed by atoms with Gasteiger partial charge < -0.3 is 5.32 Å². The molecule has 0 heterocycles. The van der Waals surface area contributed by atoms with Gasteiger partial charge in [-0.1, -0.05) is 6.07 Å². The molecular formula is C11H12ClF2NO. The Morgan fingerprint density at radius 3 is 2.50 bits per heavy atom. The highest BCUT2D eigenvalue weighted by molar-refractivity contribution is 6.30. The first-order chi connectivity index (χ1) is 7.41. The Morgan fingerprint density at radius 2 is 2.00 bits per heavy atom. The van der Waals surface area contributed by atoms with Crippen molar-refractivity contribution in [2.24, 2.45) is 0 Å². The summed E-state index contributed by atoms with van der Waals surface area (Å²) in [6, 6.07) is 2.68. The number of alkyl halides is 1. The van der Waals surface area contributed by atoms with Gasteiger partial charge in [-0.25, -0.2) is 8.78 Å². The van der Waals surface area contributed by atoms with Crippen molar-refractivity contribution in [3.8, 4) is 0 Å². The van der Waals surface area contributed by atoms with Gasteiger partial charge in [0, 0.05) is 11.6 Å². The van der Waals surface area contributed by atoms with Gasteiger partial charge in [0.1, 0.15) is 17.0 Å². The Hall–Kier alpha value is -1.16. The summed E-state index contributed by atoms with van der Waals surface area (Å²) in [5, 5.41) is 1.83. The lowest BCUT2D eigenvalue weighted by Gasteiger charge is -2.15. The van der Waals surface area contributed by atoms with E-state index in [-0.39, 0.29) is 5.56 Å². The molecule has 0 saturated heterocycles. The third-order valence-corrected chi connectivity index (χ3v) is 2.35. The van der Waals surface area contributed by atoms with Crippen molar-refractivity contribution in [3.63, 3.8) is 0 Å². The molecule has 2 nitrogen and oxygen atoms in total. The molecule has 0 saturated carbocycles. The molecule has 1 amide bonds. The maximum atomic E-state index is 13.3. The highest BCUT2D eigenvalue weighted by atomic mass is 35.5. The van der Waals surface area contributed by atoms with Crippen molar-refractivity contribution >= 4 is 17.5 Å². The van der Waals surface area contributed by atoms with Crippen LogP contribution in [0.2, 0.25) is 0 Å². The predicted molar refractivity (Wildman–Crippen MR) is 58.2 cm³/mol. The second kappa shape index (κ2) is 5.25. The molecule has 1 aromatic carbocycles. The molecule has 0 bridgehead atoms. The van der Waals surface area contributed by atoms with Crippen LogP contribution in [0.25, 0.3) is 0 Å². The number of hydrogen-bond donors (Lipinski definition) is 1. The molecule has 0 unspecified atom stereocenters. The summed E-state index contributed by atoms with van der Waals surface area (Å²) in [7, 11) is 0. The van der Waals surface area contributed by atoms with E-state index in [1.807, 2.05) is 0 Å². The fourth-order valence-electron chi connectivity index (χ4n) is 1.26. The second-order valence-corrected chi connectivity index (χ2v) is 4.17. The Labute approximate surface area is 97.6 Å². The number of hydrogen-bond acceptors (Lipinski definition) is 1. The summed E-state index contributed by atoms with van der Waals surface area (Å²) < 4.78 is 26.0. The van der Waals surface area contributed by atoms with Crippen LogP contribution in [-0.4, -0.2) is 11.3 Å². The van der Waals surface area contributed by atoms with E-state index in [0.717, 1.165) is 12.1 Å². The minimum absolute atomic E-state index is 0.229. The number of carbonyl (C=O) groups is 1. The van der Waals surface area contributed by atoms with Crippen molar-refractivity contribution < 1.29 is 13.6 Å². The van der Waals surface area contributed by atoms with E-state index in [9.17, 15) is 13.6 Å². The fourth-order valence-corrected chi connectivity index (χ4v) is 1.32. The van der Waals surface area contributed by atoms with Crippen LogP contribution in [0.3, 0.4) is 0 Å². The fraction of sp³-hybridized carbons (Fsp3) is 0.364. The van der Waals surface area contributed by atoms with Crippen molar-refractivity contribution in [2.45, 2.75) is 25.3 Å². The quantitative estimate of drug-likeness (QED) is 0.818. The van der Waals surface area contributed by atoms with E-state index >= 15 is 0 Å². The maximum absolute atomic E-state index is 13.3. The lowest BCUT2D eigenvalue weighted by atomic mass is 10.1. The zero-order chi connectivity index (χ0) is 12.3. The summed E-state index contributed by atoms with van der Waals surface area (Å²) in [5.74, 6) is -1.72. The molecule has 2 atom stereocenters. The van der Waals surface area contributed by atoms with Crippen LogP contribution in [0.4, 0.5) is 8.78 Å². The molecule has 5 heteroatoms. The number of carbonyl (C=O) groups excluding carboxylic acids is 1. The Kier molecular flexibility index (Phi) is 4.24. The van der Waals surface area contributed by atoms with Crippen LogP contribution in [0.5, 0.6) is 0 Å². The van der Waals surface area contributed by atoms with Crippen LogP contribution >= 0.6 is 11.6 Å². The standard InChI is InChI=1S/C11H12ClF2NO/c1-6(12)11(16)15-7(2)9-4-3-8(13)5-10(9)14/h3-7H,1-2H3,(H,15,16)/t6-,7+/m1/s1. The van der Waals surface area contributed by atoms with Crippen LogP contribution in [0.15, 0.2) is 18.2 Å². The minimum Gasteiger partial charge on any atom is -0.348 e. The van der Waals surface area contributed by atoms with Crippen LogP contribution in [-0.2, 0) is 4.79 Å². The van der Waals surface area contributed by atoms with Crippen molar-refractivity contribution in [1.29, 1.82) is 0 Å². The normalized spacial score (nSPS) is 14.3. The summed E-state index contributed by atoms with van der Waals surface area (Å²) >= 11 is 5.56. The second-order valence-electron chi connectivity index (χ2n) is 3.51. The Balaban J connectivity index is 2.80. The van der Waals surface area contributed by atoms with E-state index in [1.165, 1.54) is 13.0 Å². The van der Waals surface area contributed by atoms with Gasteiger partial charge in [-0.2, -0.15) is 0 Å². The first-order valence-corrected chi connectivity index (χ1v) is 5.25. The highest BCUT2D eigenvalue weighted by Gasteiger charge is 2.16. The molecule has 0 aliphatic heterocycles. The van der Waals surface area contributed by atoms with Crippen molar-refractivity contribution in [3.05, 3.63) is 35.4 Å². The molecule has 0 fully saturated rings. The van der Waals surface area contributed by atoms with Crippen LogP contribution < -0.4 is 5.32 Å². The Morgan fingerprint density at radius 1 is 1.38 bits per heavy atom. The molecule has 0 radical (unpaired) electrons. The number of amides is 1. The van der Waals surface area contributed by atoms with Crippen LogP contribution in [0, 0.1) is 11.6 Å². The lowest BCUT2D eigenvalue weighted by Crippen LogP contribution is -2.32. The summed E-state index contributed by atoms with van der Waals surface area (Å²) in [4.78, 5) is 11.3. The number of halogens is 3. The largest absolute Gasteiger partial charge is 0.348 e. The van der Waals surface area contributed by atoms with E-state index < -0.39 is 29.0 Å². The maximum Gasteiger partial charge on any atom is 0.238 e. The number of nitrogens with one attached hydrogen (secondary N) is 1. The minimum atomic E-state index is -0.689. The summed E-state index contributed by atoms with van der Waals surface area (Å²) in [6.07, 6.45) is 0. The zero-order valence-corrected chi connectivity index (χ0v) is 9.68. The van der Waals surface area contributed by atoms with Gasteiger partial charge in [-0.3, -0.25) is 4.79 Å². The first kappa shape index (κ1) is 12.9. The molecule has 1 N–H and O–H groups in total. The summed E-state index contributed by atoms with van der Waals surface area (Å²) in [6.45, 7) is 3.12. The number of rotatable bonds is 3. The van der Waals surface area contributed by atoms with Gasteiger partial charge in [0.2, 0.25) is 5.91 Å². The molecule has 1 aromatic rings. The zero-order valence-electron chi connectivity index (χ0n) is 8.93. The lowest BCUT2D eigenvalue weighted by molar-refractivity contribution is -0.121. The monoisotopic (exact) mass is 247 g/mol. The van der Waals surface area contributed by atoms with Gasteiger partial charge in [-0.15, -0.1) is 11.6 Å². The molecule has 0 aromatic heterocycles.